The van der Waals surface area contributed by atoms with E-state index in [1.807, 2.05) is 34.2 Å². The highest BCUT2D eigenvalue weighted by molar-refractivity contribution is 6.66. The zero-order valence-electron chi connectivity index (χ0n) is 32.2. The summed E-state index contributed by atoms with van der Waals surface area (Å²) in [6, 6.07) is 0.599. The summed E-state index contributed by atoms with van der Waals surface area (Å²) in [5, 5.41) is 0. The van der Waals surface area contributed by atoms with Crippen LogP contribution in [-0.2, 0) is 85.0 Å². The summed E-state index contributed by atoms with van der Waals surface area (Å²) in [6.45, 7) is 15.6. The quantitative estimate of drug-likeness (QED) is 0.0797. The van der Waals surface area contributed by atoms with E-state index in [4.69, 9.17) is 56.2 Å². The highest BCUT2D eigenvalue weighted by Crippen LogP contribution is 2.34. The van der Waals surface area contributed by atoms with Crippen LogP contribution in [0.15, 0.2) is 11.8 Å². The van der Waals surface area contributed by atoms with Crippen molar-refractivity contribution in [1.29, 1.82) is 0 Å². The molecule has 1 saturated heterocycles. The predicted molar refractivity (Wildman–Crippen MR) is 181 cm³/mol. The summed E-state index contributed by atoms with van der Waals surface area (Å²) < 4.78 is 69.1. The van der Waals surface area contributed by atoms with Crippen molar-refractivity contribution in [3.05, 3.63) is 11.8 Å². The molecule has 0 unspecified atom stereocenters. The molecule has 2 aliphatic rings. The Morgan fingerprint density at radius 2 is 1.19 bits per heavy atom. The molecular weight excluding hydrogens is 724 g/mol. The van der Waals surface area contributed by atoms with Crippen molar-refractivity contribution in [2.45, 2.75) is 150 Å². The van der Waals surface area contributed by atoms with E-state index in [1.54, 1.807) is 0 Å². The third-order valence-corrected chi connectivity index (χ3v) is 10.4. The molecule has 19 heteroatoms. The lowest BCUT2D eigenvalue weighted by molar-refractivity contribution is -0.327. The van der Waals surface area contributed by atoms with E-state index in [9.17, 15) is 28.8 Å². The Hall–Kier alpha value is -3.46. The number of carbonyl (C=O) groups excluding carboxylic acids is 6. The first kappa shape index (κ1) is 45.7. The minimum atomic E-state index is -2.56. The standard InChI is InChI=1S/C34H54O18Si/c1-18(2)51-53(11,52-19(3)4)14-12-13-41-29-15-26(44-22(7)37)30(27(48-29)16-42-20(5)35)50-34-33(47-25(10)40)32(46-24(9)39)31(45-23(8)38)28(49-34)17-43-21(6)36/h15,18-19,27-34H,12-14,16-17H2,1-11H3/t27-,28-,29+,30+,31-,32+,33-,34+/m1/s1. The van der Waals surface area contributed by atoms with Gasteiger partial charge in [0, 0.05) is 66.4 Å². The largest absolute Gasteiger partial charge is 0.463 e. The van der Waals surface area contributed by atoms with Gasteiger partial charge in [-0.25, -0.2) is 0 Å². The lowest BCUT2D eigenvalue weighted by atomic mass is 9.97. The molecule has 0 aromatic carbocycles. The minimum Gasteiger partial charge on any atom is -0.463 e. The highest BCUT2D eigenvalue weighted by Gasteiger charge is 2.54. The average molecular weight is 779 g/mol. The lowest BCUT2D eigenvalue weighted by Gasteiger charge is -2.45. The summed E-state index contributed by atoms with van der Waals surface area (Å²) in [5.74, 6) is -4.79. The SMILES string of the molecule is CC(=O)OC[C@H]1O[C@@H](O[C@H]2C(OC(C)=O)=C[C@@H](OCCC[Si](C)(OC(C)C)OC(C)C)O[C@@H]2COC(C)=O)[C@H](OC(C)=O)[C@@H](OC(C)=O)[C@@H]1OC(C)=O. The van der Waals surface area contributed by atoms with Gasteiger partial charge < -0.3 is 56.2 Å². The van der Waals surface area contributed by atoms with E-state index >= 15 is 0 Å². The summed E-state index contributed by atoms with van der Waals surface area (Å²) >= 11 is 0. The van der Waals surface area contributed by atoms with E-state index in [2.05, 4.69) is 0 Å². The van der Waals surface area contributed by atoms with Gasteiger partial charge in [0.15, 0.2) is 30.9 Å². The predicted octanol–water partition coefficient (Wildman–Crippen LogP) is 2.52. The highest BCUT2D eigenvalue weighted by atomic mass is 28.4. The third kappa shape index (κ3) is 16.2. The molecule has 0 aliphatic carbocycles. The van der Waals surface area contributed by atoms with Crippen molar-refractivity contribution in [3.63, 3.8) is 0 Å². The Labute approximate surface area is 310 Å². The van der Waals surface area contributed by atoms with Gasteiger partial charge in [0.25, 0.3) is 0 Å². The number of carbonyl (C=O) groups is 6. The molecule has 0 amide bonds. The zero-order chi connectivity index (χ0) is 40.0. The molecule has 18 nitrogen and oxygen atoms in total. The Morgan fingerprint density at radius 3 is 1.68 bits per heavy atom. The third-order valence-electron chi connectivity index (χ3n) is 7.20. The first-order valence-electron chi connectivity index (χ1n) is 17.3. The summed E-state index contributed by atoms with van der Waals surface area (Å²) in [5.41, 5.74) is 0. The van der Waals surface area contributed by atoms with Gasteiger partial charge in [-0.15, -0.1) is 0 Å². The second-order valence-corrected chi connectivity index (χ2v) is 16.3. The van der Waals surface area contributed by atoms with Crippen molar-refractivity contribution >= 4 is 44.4 Å². The maximum Gasteiger partial charge on any atom is 0.335 e. The average Bonchev–Trinajstić information content (AvgIpc) is 2.99. The van der Waals surface area contributed by atoms with Crippen LogP contribution in [0.5, 0.6) is 0 Å². The number of hydrogen-bond acceptors (Lipinski definition) is 18. The van der Waals surface area contributed by atoms with E-state index in [0.29, 0.717) is 12.5 Å². The molecule has 53 heavy (non-hydrogen) atoms. The monoisotopic (exact) mass is 778 g/mol. The van der Waals surface area contributed by atoms with Crippen molar-refractivity contribution in [2.24, 2.45) is 0 Å². The molecule has 2 rings (SSSR count). The molecule has 2 aliphatic heterocycles. The van der Waals surface area contributed by atoms with Crippen LogP contribution in [0.25, 0.3) is 0 Å². The smallest absolute Gasteiger partial charge is 0.335 e. The number of ether oxygens (including phenoxy) is 10. The van der Waals surface area contributed by atoms with Crippen molar-refractivity contribution in [2.75, 3.05) is 19.8 Å². The van der Waals surface area contributed by atoms with Crippen LogP contribution in [0.1, 0.15) is 75.7 Å². The molecule has 0 aromatic rings. The number of rotatable bonds is 19. The lowest BCUT2D eigenvalue weighted by Crippen LogP contribution is -2.64. The molecule has 2 heterocycles. The minimum absolute atomic E-state index is 0.0384. The van der Waals surface area contributed by atoms with Crippen LogP contribution in [0.4, 0.5) is 0 Å². The molecule has 8 atom stereocenters. The zero-order valence-corrected chi connectivity index (χ0v) is 33.2. The molecule has 0 radical (unpaired) electrons. The summed E-state index contributed by atoms with van der Waals surface area (Å²) in [6.07, 6.45) is -9.55. The fourth-order valence-corrected chi connectivity index (χ4v) is 8.77. The molecule has 0 spiro atoms. The Kier molecular flexibility index (Phi) is 18.5. The normalized spacial score (nSPS) is 25.9. The van der Waals surface area contributed by atoms with Gasteiger partial charge in [0.2, 0.25) is 0 Å². The van der Waals surface area contributed by atoms with Crippen LogP contribution in [0, 0.1) is 0 Å². The molecule has 0 N–H and O–H groups in total. The molecular formula is C34H54O18Si. The molecule has 1 fully saturated rings. The van der Waals surface area contributed by atoms with Gasteiger partial charge in [-0.05, 0) is 46.7 Å². The Balaban J connectivity index is 2.51. The molecule has 0 saturated carbocycles. The van der Waals surface area contributed by atoms with Crippen LogP contribution >= 0.6 is 0 Å². The topological polar surface area (TPSA) is 213 Å². The fourth-order valence-electron chi connectivity index (χ4n) is 5.70. The van der Waals surface area contributed by atoms with Crippen LogP contribution in [0.3, 0.4) is 0 Å². The molecule has 302 valence electrons. The van der Waals surface area contributed by atoms with Crippen LogP contribution in [0.2, 0.25) is 12.6 Å². The van der Waals surface area contributed by atoms with E-state index in [0.717, 1.165) is 34.6 Å². The van der Waals surface area contributed by atoms with Gasteiger partial charge >= 0.3 is 44.4 Å². The van der Waals surface area contributed by atoms with Crippen molar-refractivity contribution in [1.82, 2.24) is 0 Å². The van der Waals surface area contributed by atoms with Crippen molar-refractivity contribution < 1.29 is 85.0 Å². The van der Waals surface area contributed by atoms with Gasteiger partial charge in [0.05, 0.1) is 0 Å². The first-order valence-corrected chi connectivity index (χ1v) is 19.8. The van der Waals surface area contributed by atoms with Crippen molar-refractivity contribution in [3.8, 4) is 0 Å². The fraction of sp³-hybridized carbons (Fsp3) is 0.765. The maximum absolute atomic E-state index is 12.3. The molecule has 0 bridgehead atoms. The number of hydrogen-bond donors (Lipinski definition) is 0. The maximum atomic E-state index is 12.3. The molecule has 0 aromatic heterocycles. The van der Waals surface area contributed by atoms with Gasteiger partial charge in [0.1, 0.15) is 37.3 Å². The second kappa shape index (κ2) is 21.4. The Morgan fingerprint density at radius 1 is 0.679 bits per heavy atom. The Bertz CT molecular complexity index is 1290. The van der Waals surface area contributed by atoms with E-state index in [-0.39, 0.29) is 24.6 Å². The summed E-state index contributed by atoms with van der Waals surface area (Å²) in [4.78, 5) is 72.8. The van der Waals surface area contributed by atoms with E-state index < -0.39 is 107 Å². The first-order chi connectivity index (χ1) is 24.7. The van der Waals surface area contributed by atoms with Crippen LogP contribution < -0.4 is 0 Å². The van der Waals surface area contributed by atoms with Gasteiger partial charge in [-0.1, -0.05) is 0 Å². The van der Waals surface area contributed by atoms with Crippen LogP contribution in [-0.4, -0.2) is 126 Å². The summed E-state index contributed by atoms with van der Waals surface area (Å²) in [7, 11) is -2.56. The second-order valence-electron chi connectivity index (χ2n) is 13.1. The number of esters is 6. The van der Waals surface area contributed by atoms with Gasteiger partial charge in [-0.2, -0.15) is 0 Å². The van der Waals surface area contributed by atoms with E-state index in [1.165, 1.54) is 13.0 Å². The van der Waals surface area contributed by atoms with Gasteiger partial charge in [-0.3, -0.25) is 28.8 Å².